The van der Waals surface area contributed by atoms with Gasteiger partial charge < -0.3 is 14.7 Å². The Labute approximate surface area is 133 Å². The lowest BCUT2D eigenvalue weighted by Gasteiger charge is -2.40. The number of morpholine rings is 1. The van der Waals surface area contributed by atoms with E-state index in [1.54, 1.807) is 4.90 Å². The topological polar surface area (TPSA) is 49.8 Å². The maximum atomic E-state index is 13.2. The first kappa shape index (κ1) is 15.7. The van der Waals surface area contributed by atoms with Crippen LogP contribution in [-0.4, -0.2) is 47.8 Å². The molecule has 0 unspecified atom stereocenters. The minimum Gasteiger partial charge on any atom is -0.393 e. The number of aliphatic hydroxyl groups excluding tert-OH is 1. The standard InChI is InChI=1S/C16H19ClFNO3/c17-13-8-10(18)4-5-11(13)16(21)19-6-7-22-9-14(19)12-2-1-3-15(12)20/h4-5,8,12,14-15,20H,1-3,6-7,9H2/t12-,14+,15-/m0/s1. The van der Waals surface area contributed by atoms with E-state index in [2.05, 4.69) is 0 Å². The van der Waals surface area contributed by atoms with Crippen molar-refractivity contribution in [2.75, 3.05) is 19.8 Å². The Hall–Kier alpha value is -1.17. The van der Waals surface area contributed by atoms with Crippen molar-refractivity contribution in [2.24, 2.45) is 5.92 Å². The van der Waals surface area contributed by atoms with Gasteiger partial charge >= 0.3 is 0 Å². The van der Waals surface area contributed by atoms with E-state index in [-0.39, 0.29) is 22.9 Å². The Morgan fingerprint density at radius 2 is 2.23 bits per heavy atom. The van der Waals surface area contributed by atoms with Crippen LogP contribution in [0, 0.1) is 11.7 Å². The maximum absolute atomic E-state index is 13.2. The number of halogens is 2. The third-order valence-electron chi connectivity index (χ3n) is 4.61. The number of rotatable bonds is 2. The molecular weight excluding hydrogens is 309 g/mol. The summed E-state index contributed by atoms with van der Waals surface area (Å²) in [4.78, 5) is 14.5. The molecule has 1 heterocycles. The molecule has 2 aliphatic rings. The Bertz CT molecular complexity index is 568. The Morgan fingerprint density at radius 3 is 2.91 bits per heavy atom. The molecule has 3 atom stereocenters. The van der Waals surface area contributed by atoms with Crippen molar-refractivity contribution < 1.29 is 19.0 Å². The van der Waals surface area contributed by atoms with E-state index in [1.165, 1.54) is 12.1 Å². The summed E-state index contributed by atoms with van der Waals surface area (Å²) >= 11 is 6.01. The van der Waals surface area contributed by atoms with Gasteiger partial charge in [0.1, 0.15) is 5.82 Å². The fraction of sp³-hybridized carbons (Fsp3) is 0.562. The number of aliphatic hydroxyl groups is 1. The first-order chi connectivity index (χ1) is 10.6. The molecule has 1 saturated carbocycles. The van der Waals surface area contributed by atoms with Crippen molar-refractivity contribution in [1.82, 2.24) is 4.90 Å². The second-order valence-corrected chi connectivity index (χ2v) is 6.33. The van der Waals surface area contributed by atoms with Crippen LogP contribution in [-0.2, 0) is 4.74 Å². The van der Waals surface area contributed by atoms with E-state index in [0.29, 0.717) is 25.3 Å². The van der Waals surface area contributed by atoms with Gasteiger partial charge in [0.2, 0.25) is 0 Å². The number of nitrogens with zero attached hydrogens (tertiary/aromatic N) is 1. The van der Waals surface area contributed by atoms with Crippen LogP contribution in [0.1, 0.15) is 29.6 Å². The van der Waals surface area contributed by atoms with E-state index in [0.717, 1.165) is 25.3 Å². The predicted molar refractivity (Wildman–Crippen MR) is 80.4 cm³/mol. The molecule has 22 heavy (non-hydrogen) atoms. The number of hydrogen-bond acceptors (Lipinski definition) is 3. The zero-order valence-electron chi connectivity index (χ0n) is 12.2. The van der Waals surface area contributed by atoms with E-state index < -0.39 is 11.9 Å². The monoisotopic (exact) mass is 327 g/mol. The molecule has 4 nitrogen and oxygen atoms in total. The summed E-state index contributed by atoms with van der Waals surface area (Å²) in [7, 11) is 0. The lowest BCUT2D eigenvalue weighted by Crippen LogP contribution is -2.53. The van der Waals surface area contributed by atoms with Gasteiger partial charge in [0.05, 0.1) is 35.9 Å². The van der Waals surface area contributed by atoms with E-state index in [9.17, 15) is 14.3 Å². The summed E-state index contributed by atoms with van der Waals surface area (Å²) in [6, 6.07) is 3.64. The van der Waals surface area contributed by atoms with Crippen LogP contribution in [0.4, 0.5) is 4.39 Å². The quantitative estimate of drug-likeness (QED) is 0.908. The SMILES string of the molecule is O=C(c1ccc(F)cc1Cl)N1CCOC[C@@H]1[C@@H]1CCC[C@@H]1O. The third kappa shape index (κ3) is 2.98. The van der Waals surface area contributed by atoms with Gasteiger partial charge in [-0.1, -0.05) is 18.0 Å². The Morgan fingerprint density at radius 1 is 1.41 bits per heavy atom. The van der Waals surface area contributed by atoms with Gasteiger partial charge in [0, 0.05) is 12.5 Å². The minimum absolute atomic E-state index is 0.0310. The van der Waals surface area contributed by atoms with Gasteiger partial charge in [0.25, 0.3) is 5.91 Å². The first-order valence-electron chi connectivity index (χ1n) is 7.60. The molecule has 1 aliphatic heterocycles. The fourth-order valence-electron chi connectivity index (χ4n) is 3.47. The largest absolute Gasteiger partial charge is 0.393 e. The van der Waals surface area contributed by atoms with Gasteiger partial charge in [-0.05, 0) is 31.0 Å². The molecule has 120 valence electrons. The molecule has 0 radical (unpaired) electrons. The van der Waals surface area contributed by atoms with Gasteiger partial charge in [0.15, 0.2) is 0 Å². The van der Waals surface area contributed by atoms with E-state index >= 15 is 0 Å². The molecule has 0 aromatic heterocycles. The van der Waals surface area contributed by atoms with Crippen molar-refractivity contribution in [2.45, 2.75) is 31.4 Å². The van der Waals surface area contributed by atoms with Crippen molar-refractivity contribution in [3.8, 4) is 0 Å². The highest BCUT2D eigenvalue weighted by molar-refractivity contribution is 6.33. The van der Waals surface area contributed by atoms with Gasteiger partial charge in [-0.15, -0.1) is 0 Å². The van der Waals surface area contributed by atoms with Crippen LogP contribution in [0.5, 0.6) is 0 Å². The van der Waals surface area contributed by atoms with Crippen LogP contribution >= 0.6 is 11.6 Å². The summed E-state index contributed by atoms with van der Waals surface area (Å²) in [5.74, 6) is -0.660. The smallest absolute Gasteiger partial charge is 0.255 e. The molecule has 1 amide bonds. The summed E-state index contributed by atoms with van der Waals surface area (Å²) in [5, 5.41) is 10.2. The zero-order valence-corrected chi connectivity index (χ0v) is 12.9. The average Bonchev–Trinajstić information content (AvgIpc) is 2.93. The molecule has 2 fully saturated rings. The lowest BCUT2D eigenvalue weighted by molar-refractivity contribution is -0.0383. The van der Waals surface area contributed by atoms with Gasteiger partial charge in [-0.25, -0.2) is 4.39 Å². The molecule has 1 aliphatic carbocycles. The molecule has 1 N–H and O–H groups in total. The highest BCUT2D eigenvalue weighted by atomic mass is 35.5. The normalized spacial score (nSPS) is 28.9. The zero-order chi connectivity index (χ0) is 15.7. The summed E-state index contributed by atoms with van der Waals surface area (Å²) in [6.45, 7) is 1.34. The van der Waals surface area contributed by atoms with Crippen molar-refractivity contribution >= 4 is 17.5 Å². The molecule has 1 aromatic carbocycles. The minimum atomic E-state index is -0.466. The summed E-state index contributed by atoms with van der Waals surface area (Å²) in [5.41, 5.74) is 0.294. The predicted octanol–water partition coefficient (Wildman–Crippen LogP) is 2.48. The summed E-state index contributed by atoms with van der Waals surface area (Å²) < 4.78 is 18.7. The van der Waals surface area contributed by atoms with Gasteiger partial charge in [-0.2, -0.15) is 0 Å². The number of carbonyl (C=O) groups excluding carboxylic acids is 1. The van der Waals surface area contributed by atoms with Crippen molar-refractivity contribution in [1.29, 1.82) is 0 Å². The van der Waals surface area contributed by atoms with Gasteiger partial charge in [-0.3, -0.25) is 4.79 Å². The molecule has 6 heteroatoms. The molecule has 1 aromatic rings. The lowest BCUT2D eigenvalue weighted by atomic mass is 9.93. The summed E-state index contributed by atoms with van der Waals surface area (Å²) in [6.07, 6.45) is 2.21. The molecule has 0 bridgehead atoms. The number of carbonyl (C=O) groups is 1. The average molecular weight is 328 g/mol. The third-order valence-corrected chi connectivity index (χ3v) is 4.93. The Balaban J connectivity index is 1.85. The Kier molecular flexibility index (Phi) is 4.66. The highest BCUT2D eigenvalue weighted by Crippen LogP contribution is 2.33. The maximum Gasteiger partial charge on any atom is 0.255 e. The van der Waals surface area contributed by atoms with Crippen molar-refractivity contribution in [3.05, 3.63) is 34.6 Å². The number of benzene rings is 1. The second-order valence-electron chi connectivity index (χ2n) is 5.93. The van der Waals surface area contributed by atoms with Crippen LogP contribution in [0.3, 0.4) is 0 Å². The number of hydrogen-bond donors (Lipinski definition) is 1. The van der Waals surface area contributed by atoms with Crippen molar-refractivity contribution in [3.63, 3.8) is 0 Å². The molecule has 0 spiro atoms. The first-order valence-corrected chi connectivity index (χ1v) is 7.97. The molecule has 3 rings (SSSR count). The van der Waals surface area contributed by atoms with Crippen LogP contribution in [0.15, 0.2) is 18.2 Å². The fourth-order valence-corrected chi connectivity index (χ4v) is 3.71. The van der Waals surface area contributed by atoms with Crippen LogP contribution < -0.4 is 0 Å². The van der Waals surface area contributed by atoms with E-state index in [4.69, 9.17) is 16.3 Å². The number of amides is 1. The van der Waals surface area contributed by atoms with Crippen LogP contribution in [0.25, 0.3) is 0 Å². The molecule has 1 saturated heterocycles. The molecular formula is C16H19ClFNO3. The highest BCUT2D eigenvalue weighted by Gasteiger charge is 2.39. The number of ether oxygens (including phenoxy) is 1. The second kappa shape index (κ2) is 6.52. The van der Waals surface area contributed by atoms with E-state index in [1.807, 2.05) is 0 Å². The van der Waals surface area contributed by atoms with Crippen LogP contribution in [0.2, 0.25) is 5.02 Å².